The van der Waals surface area contributed by atoms with Crippen LogP contribution >= 0.6 is 0 Å². The number of rotatable bonds is 15. The molecule has 1 aromatic carbocycles. The molecule has 0 saturated carbocycles. The van der Waals surface area contributed by atoms with Crippen molar-refractivity contribution in [3.63, 3.8) is 0 Å². The molecule has 1 aromatic heterocycles. The molecule has 2 saturated heterocycles. The highest BCUT2D eigenvalue weighted by Gasteiger charge is 2.21. The van der Waals surface area contributed by atoms with Gasteiger partial charge in [0.1, 0.15) is 18.2 Å². The lowest BCUT2D eigenvalue weighted by molar-refractivity contribution is 0.115. The predicted molar refractivity (Wildman–Crippen MR) is 149 cm³/mol. The van der Waals surface area contributed by atoms with Gasteiger partial charge < -0.3 is 24.4 Å². The minimum Gasteiger partial charge on any atom is -0.492 e. The average molecular weight is 508 g/mol. The third-order valence-electron chi connectivity index (χ3n) is 6.75. The summed E-state index contributed by atoms with van der Waals surface area (Å²) < 4.78 is 17.6. The molecule has 2 aromatic rings. The average Bonchev–Trinajstić information content (AvgIpc) is 3.44. The molecular formula is C29H41N5O3. The summed E-state index contributed by atoms with van der Waals surface area (Å²) in [6.07, 6.45) is 10.2. The molecule has 37 heavy (non-hydrogen) atoms. The van der Waals surface area contributed by atoms with Crippen LogP contribution in [0, 0.1) is 5.92 Å². The maximum Gasteiger partial charge on any atom is 0.229 e. The molecular weight excluding hydrogens is 466 g/mol. The van der Waals surface area contributed by atoms with Crippen molar-refractivity contribution < 1.29 is 14.2 Å². The summed E-state index contributed by atoms with van der Waals surface area (Å²) in [5.74, 6) is 2.85. The van der Waals surface area contributed by atoms with Crippen LogP contribution in [0.3, 0.4) is 0 Å². The second kappa shape index (κ2) is 14.7. The van der Waals surface area contributed by atoms with Crippen molar-refractivity contribution in [2.75, 3.05) is 69.4 Å². The minimum atomic E-state index is 0.449. The molecule has 8 nitrogen and oxygen atoms in total. The lowest BCUT2D eigenvalue weighted by Crippen LogP contribution is -2.37. The van der Waals surface area contributed by atoms with Crippen LogP contribution in [0.15, 0.2) is 55.8 Å². The molecule has 8 heteroatoms. The molecule has 1 unspecified atom stereocenters. The molecule has 1 N–H and O–H groups in total. The van der Waals surface area contributed by atoms with E-state index in [2.05, 4.69) is 39.3 Å². The third-order valence-corrected chi connectivity index (χ3v) is 6.75. The fourth-order valence-corrected chi connectivity index (χ4v) is 4.90. The van der Waals surface area contributed by atoms with E-state index >= 15 is 0 Å². The van der Waals surface area contributed by atoms with Crippen LogP contribution in [0.5, 0.6) is 5.75 Å². The predicted octanol–water partition coefficient (Wildman–Crippen LogP) is 4.82. The minimum absolute atomic E-state index is 0.449. The van der Waals surface area contributed by atoms with Gasteiger partial charge in [-0.25, -0.2) is 4.98 Å². The number of anilines is 3. The first-order valence-electron chi connectivity index (χ1n) is 13.5. The van der Waals surface area contributed by atoms with Crippen molar-refractivity contribution in [1.29, 1.82) is 0 Å². The molecule has 1 atom stereocenters. The number of hydrogen-bond donors (Lipinski definition) is 1. The zero-order chi connectivity index (χ0) is 25.7. The SMILES string of the molecule is C=CCOCc1cc(Nc2nccc(N3CCCC(COCC=C)C3)n2)ccc1OCCN1CCCC1. The van der Waals surface area contributed by atoms with E-state index in [9.17, 15) is 0 Å². The molecule has 2 aliphatic rings. The Kier molecular flexibility index (Phi) is 10.8. The van der Waals surface area contributed by atoms with E-state index < -0.39 is 0 Å². The van der Waals surface area contributed by atoms with Crippen molar-refractivity contribution in [3.8, 4) is 5.75 Å². The van der Waals surface area contributed by atoms with E-state index in [-0.39, 0.29) is 0 Å². The normalized spacial score (nSPS) is 18.1. The second-order valence-corrected chi connectivity index (χ2v) is 9.67. The van der Waals surface area contributed by atoms with Crippen molar-refractivity contribution in [2.45, 2.75) is 32.3 Å². The number of ether oxygens (including phenoxy) is 3. The van der Waals surface area contributed by atoms with E-state index in [1.54, 1.807) is 12.2 Å². The fraction of sp³-hybridized carbons (Fsp3) is 0.517. The standard InChI is InChI=1S/C29H41N5O3/c1-3-17-35-22-24-8-7-15-34(21-24)28-11-12-30-29(32-28)31-26-9-10-27(25(20-26)23-36-18-4-2)37-19-16-33-13-5-6-14-33/h3-4,9-12,20,24H,1-2,5-8,13-19,21-23H2,(H,30,31,32). The second-order valence-electron chi connectivity index (χ2n) is 9.67. The van der Waals surface area contributed by atoms with Gasteiger partial charge in [-0.1, -0.05) is 12.2 Å². The number of nitrogens with zero attached hydrogens (tertiary/aromatic N) is 4. The summed E-state index contributed by atoms with van der Waals surface area (Å²) >= 11 is 0. The molecule has 0 radical (unpaired) electrons. The monoisotopic (exact) mass is 507 g/mol. The molecule has 0 aliphatic carbocycles. The summed E-state index contributed by atoms with van der Waals surface area (Å²) in [7, 11) is 0. The number of hydrogen-bond acceptors (Lipinski definition) is 8. The number of piperidine rings is 1. The molecule has 200 valence electrons. The first-order chi connectivity index (χ1) is 18.2. The van der Waals surface area contributed by atoms with Gasteiger partial charge in [-0.05, 0) is 69.0 Å². The summed E-state index contributed by atoms with van der Waals surface area (Å²) in [4.78, 5) is 14.0. The van der Waals surface area contributed by atoms with Gasteiger partial charge in [0.25, 0.3) is 0 Å². The van der Waals surface area contributed by atoms with Crippen LogP contribution in [0.25, 0.3) is 0 Å². The van der Waals surface area contributed by atoms with Crippen LogP contribution < -0.4 is 15.0 Å². The fourth-order valence-electron chi connectivity index (χ4n) is 4.90. The summed E-state index contributed by atoms with van der Waals surface area (Å²) in [5, 5.41) is 3.37. The van der Waals surface area contributed by atoms with Gasteiger partial charge in [-0.15, -0.1) is 13.2 Å². The molecule has 0 bridgehead atoms. The number of benzene rings is 1. The van der Waals surface area contributed by atoms with Gasteiger partial charge >= 0.3 is 0 Å². The van der Waals surface area contributed by atoms with Crippen molar-refractivity contribution in [3.05, 3.63) is 61.3 Å². The number of likely N-dealkylation sites (tertiary alicyclic amines) is 1. The molecule has 4 rings (SSSR count). The van der Waals surface area contributed by atoms with Crippen molar-refractivity contribution in [1.82, 2.24) is 14.9 Å². The van der Waals surface area contributed by atoms with Gasteiger partial charge in [-0.3, -0.25) is 4.90 Å². The third kappa shape index (κ3) is 8.55. The summed E-state index contributed by atoms with van der Waals surface area (Å²) in [5.41, 5.74) is 1.89. The highest BCUT2D eigenvalue weighted by atomic mass is 16.5. The molecule has 3 heterocycles. The zero-order valence-electron chi connectivity index (χ0n) is 21.9. The van der Waals surface area contributed by atoms with Crippen molar-refractivity contribution in [2.24, 2.45) is 5.92 Å². The lowest BCUT2D eigenvalue weighted by Gasteiger charge is -2.33. The Balaban J connectivity index is 1.39. The Morgan fingerprint density at radius 3 is 2.70 bits per heavy atom. The molecule has 0 spiro atoms. The molecule has 2 fully saturated rings. The first kappa shape index (κ1) is 27.1. The van der Waals surface area contributed by atoms with Crippen LogP contribution in [0.2, 0.25) is 0 Å². The van der Waals surface area contributed by atoms with Crippen LogP contribution in [0.1, 0.15) is 31.2 Å². The summed E-state index contributed by atoms with van der Waals surface area (Å²) in [6.45, 7) is 15.6. The van der Waals surface area contributed by atoms with Gasteiger partial charge in [-0.2, -0.15) is 4.98 Å². The number of aromatic nitrogens is 2. The quantitative estimate of drug-likeness (QED) is 0.272. The van der Waals surface area contributed by atoms with E-state index in [4.69, 9.17) is 19.2 Å². The summed E-state index contributed by atoms with van der Waals surface area (Å²) in [6, 6.07) is 8.04. The van der Waals surface area contributed by atoms with Gasteiger partial charge in [0.2, 0.25) is 5.95 Å². The smallest absolute Gasteiger partial charge is 0.229 e. The van der Waals surface area contributed by atoms with Gasteiger partial charge in [0, 0.05) is 37.1 Å². The van der Waals surface area contributed by atoms with Crippen LogP contribution in [-0.2, 0) is 16.1 Å². The van der Waals surface area contributed by atoms with Gasteiger partial charge in [0.05, 0.1) is 26.4 Å². The Morgan fingerprint density at radius 1 is 1.03 bits per heavy atom. The highest BCUT2D eigenvalue weighted by Crippen LogP contribution is 2.27. The topological polar surface area (TPSA) is 72.0 Å². The Morgan fingerprint density at radius 2 is 1.86 bits per heavy atom. The first-order valence-corrected chi connectivity index (χ1v) is 13.5. The van der Waals surface area contributed by atoms with E-state index in [1.807, 2.05) is 24.4 Å². The largest absolute Gasteiger partial charge is 0.492 e. The van der Waals surface area contributed by atoms with Crippen LogP contribution in [0.4, 0.5) is 17.5 Å². The van der Waals surface area contributed by atoms with E-state index in [1.165, 1.54) is 32.4 Å². The van der Waals surface area contributed by atoms with E-state index in [0.717, 1.165) is 55.5 Å². The van der Waals surface area contributed by atoms with E-state index in [0.29, 0.717) is 38.3 Å². The maximum absolute atomic E-state index is 6.15. The Hall–Kier alpha value is -2.94. The highest BCUT2D eigenvalue weighted by molar-refractivity contribution is 5.58. The maximum atomic E-state index is 6.15. The van der Waals surface area contributed by atoms with Crippen LogP contribution in [-0.4, -0.2) is 74.0 Å². The Bertz CT molecular complexity index is 995. The zero-order valence-corrected chi connectivity index (χ0v) is 21.9. The molecule has 0 amide bonds. The number of nitrogens with one attached hydrogen (secondary N) is 1. The molecule has 2 aliphatic heterocycles. The van der Waals surface area contributed by atoms with Crippen molar-refractivity contribution >= 4 is 17.5 Å². The lowest BCUT2D eigenvalue weighted by atomic mass is 9.99. The Labute approximate surface area is 221 Å². The van der Waals surface area contributed by atoms with Gasteiger partial charge in [0.15, 0.2) is 0 Å².